The van der Waals surface area contributed by atoms with Gasteiger partial charge >= 0.3 is 5.97 Å². The first kappa shape index (κ1) is 11.5. The molecular weight excluding hydrogens is 244 g/mol. The van der Waals surface area contributed by atoms with Crippen molar-refractivity contribution in [3.05, 3.63) is 58.3 Å². The van der Waals surface area contributed by atoms with Gasteiger partial charge in [0.05, 0.1) is 7.11 Å². The van der Waals surface area contributed by atoms with Crippen molar-refractivity contribution in [2.24, 2.45) is 0 Å². The first-order valence-electron chi connectivity index (χ1n) is 5.96. The maximum absolute atomic E-state index is 12.2. The molecule has 0 aliphatic heterocycles. The predicted octanol–water partition coefficient (Wildman–Crippen LogP) is 3.35. The summed E-state index contributed by atoms with van der Waals surface area (Å²) in [4.78, 5) is 13.5. The molecule has 1 heterocycles. The van der Waals surface area contributed by atoms with Crippen molar-refractivity contribution in [3.8, 4) is 0 Å². The van der Waals surface area contributed by atoms with E-state index >= 15 is 0 Å². The molecule has 2 aromatic rings. The van der Waals surface area contributed by atoms with Crippen LogP contribution in [0.5, 0.6) is 0 Å². The standard InChI is InChI=1S/C15H14O2S/c1-17-14(16)15(11-6-3-2-4-7-11)10-12(15)13-8-5-9-18-13/h2-9,12H,10H2,1H3/t12-,15+/m0/s1. The number of ether oxygens (including phenoxy) is 1. The minimum Gasteiger partial charge on any atom is -0.468 e. The Kier molecular flexibility index (Phi) is 2.71. The fourth-order valence-corrected chi connectivity index (χ4v) is 3.60. The molecule has 1 aromatic carbocycles. The number of methoxy groups -OCH3 is 1. The smallest absolute Gasteiger partial charge is 0.316 e. The van der Waals surface area contributed by atoms with E-state index in [2.05, 4.69) is 11.4 Å². The van der Waals surface area contributed by atoms with Crippen LogP contribution >= 0.6 is 11.3 Å². The summed E-state index contributed by atoms with van der Waals surface area (Å²) in [6.07, 6.45) is 0.851. The summed E-state index contributed by atoms with van der Waals surface area (Å²) >= 11 is 1.71. The van der Waals surface area contributed by atoms with Crippen LogP contribution in [0.25, 0.3) is 0 Å². The Labute approximate surface area is 110 Å². The zero-order valence-electron chi connectivity index (χ0n) is 10.1. The van der Waals surface area contributed by atoms with Crippen molar-refractivity contribution in [2.75, 3.05) is 7.11 Å². The summed E-state index contributed by atoms with van der Waals surface area (Å²) < 4.78 is 5.03. The maximum atomic E-state index is 12.2. The Bertz CT molecular complexity index is 547. The highest BCUT2D eigenvalue weighted by atomic mass is 32.1. The van der Waals surface area contributed by atoms with Crippen molar-refractivity contribution in [1.82, 2.24) is 0 Å². The molecule has 0 amide bonds. The van der Waals surface area contributed by atoms with Crippen molar-refractivity contribution in [2.45, 2.75) is 17.8 Å². The Hall–Kier alpha value is -1.61. The lowest BCUT2D eigenvalue weighted by Crippen LogP contribution is -2.23. The van der Waals surface area contributed by atoms with E-state index < -0.39 is 5.41 Å². The molecule has 0 unspecified atom stereocenters. The quantitative estimate of drug-likeness (QED) is 0.789. The van der Waals surface area contributed by atoms with Gasteiger partial charge in [-0.1, -0.05) is 36.4 Å². The average molecular weight is 258 g/mol. The van der Waals surface area contributed by atoms with E-state index in [9.17, 15) is 4.79 Å². The van der Waals surface area contributed by atoms with E-state index in [1.165, 1.54) is 12.0 Å². The van der Waals surface area contributed by atoms with Crippen LogP contribution in [0.4, 0.5) is 0 Å². The van der Waals surface area contributed by atoms with Crippen molar-refractivity contribution in [3.63, 3.8) is 0 Å². The lowest BCUT2D eigenvalue weighted by atomic mass is 9.93. The fraction of sp³-hybridized carbons (Fsp3) is 0.267. The highest BCUT2D eigenvalue weighted by Gasteiger charge is 2.63. The molecule has 92 valence electrons. The van der Waals surface area contributed by atoms with Crippen LogP contribution < -0.4 is 0 Å². The van der Waals surface area contributed by atoms with Gasteiger partial charge < -0.3 is 4.74 Å². The second kappa shape index (κ2) is 4.25. The van der Waals surface area contributed by atoms with Gasteiger partial charge in [-0.15, -0.1) is 11.3 Å². The molecule has 1 saturated carbocycles. The molecule has 2 nitrogen and oxygen atoms in total. The van der Waals surface area contributed by atoms with Crippen LogP contribution in [0.2, 0.25) is 0 Å². The number of carbonyl (C=O) groups is 1. The summed E-state index contributed by atoms with van der Waals surface area (Å²) in [5.74, 6) is 0.152. The van der Waals surface area contributed by atoms with E-state index in [0.29, 0.717) is 0 Å². The van der Waals surface area contributed by atoms with Gasteiger partial charge in [0.15, 0.2) is 0 Å². The monoisotopic (exact) mass is 258 g/mol. The molecule has 0 spiro atoms. The third kappa shape index (κ3) is 1.58. The van der Waals surface area contributed by atoms with Gasteiger partial charge in [0.25, 0.3) is 0 Å². The lowest BCUT2D eigenvalue weighted by Gasteiger charge is -2.15. The lowest BCUT2D eigenvalue weighted by molar-refractivity contribution is -0.143. The Balaban J connectivity index is 2.01. The second-order valence-electron chi connectivity index (χ2n) is 4.60. The molecule has 1 aliphatic rings. The summed E-state index contributed by atoms with van der Waals surface area (Å²) in [6, 6.07) is 14.1. The molecule has 1 aliphatic carbocycles. The molecule has 0 bridgehead atoms. The van der Waals surface area contributed by atoms with Crippen LogP contribution in [-0.2, 0) is 14.9 Å². The minimum absolute atomic E-state index is 0.118. The molecule has 0 saturated heterocycles. The topological polar surface area (TPSA) is 26.3 Å². The zero-order chi connectivity index (χ0) is 12.6. The van der Waals surface area contributed by atoms with E-state index in [4.69, 9.17) is 4.74 Å². The molecule has 1 fully saturated rings. The fourth-order valence-electron chi connectivity index (χ4n) is 2.68. The summed E-state index contributed by atoms with van der Waals surface area (Å²) in [6.45, 7) is 0. The van der Waals surface area contributed by atoms with Gasteiger partial charge in [-0.25, -0.2) is 0 Å². The van der Waals surface area contributed by atoms with Gasteiger partial charge in [-0.2, -0.15) is 0 Å². The third-order valence-corrected chi connectivity index (χ3v) is 4.67. The SMILES string of the molecule is COC(=O)[C@@]1(c2ccccc2)C[C@H]1c1cccs1. The molecule has 2 atom stereocenters. The number of carbonyl (C=O) groups excluding carboxylic acids is 1. The summed E-state index contributed by atoms with van der Waals surface area (Å²) in [5, 5.41) is 2.06. The number of hydrogen-bond donors (Lipinski definition) is 0. The first-order chi connectivity index (χ1) is 8.79. The number of hydrogen-bond acceptors (Lipinski definition) is 3. The molecule has 1 aromatic heterocycles. The van der Waals surface area contributed by atoms with Crippen LogP contribution in [0.15, 0.2) is 47.8 Å². The predicted molar refractivity (Wildman–Crippen MR) is 71.8 cm³/mol. The van der Waals surface area contributed by atoms with Crippen LogP contribution in [-0.4, -0.2) is 13.1 Å². The van der Waals surface area contributed by atoms with E-state index in [0.717, 1.165) is 12.0 Å². The highest BCUT2D eigenvalue weighted by molar-refractivity contribution is 7.10. The van der Waals surface area contributed by atoms with E-state index in [1.807, 2.05) is 36.4 Å². The summed E-state index contributed by atoms with van der Waals surface area (Å²) in [7, 11) is 1.47. The second-order valence-corrected chi connectivity index (χ2v) is 5.58. The van der Waals surface area contributed by atoms with E-state index in [1.54, 1.807) is 11.3 Å². The van der Waals surface area contributed by atoms with Gasteiger partial charge in [0.2, 0.25) is 0 Å². The Morgan fingerprint density at radius 3 is 2.67 bits per heavy atom. The number of benzene rings is 1. The molecule has 3 heteroatoms. The van der Waals surface area contributed by atoms with Crippen molar-refractivity contribution < 1.29 is 9.53 Å². The molecular formula is C15H14O2S. The van der Waals surface area contributed by atoms with Crippen LogP contribution in [0.1, 0.15) is 22.8 Å². The van der Waals surface area contributed by atoms with Gasteiger partial charge in [0, 0.05) is 10.8 Å². The molecule has 3 rings (SSSR count). The average Bonchev–Trinajstić information content (AvgIpc) is 2.96. The molecule has 0 radical (unpaired) electrons. The van der Waals surface area contributed by atoms with Crippen LogP contribution in [0, 0.1) is 0 Å². The number of thiophene rings is 1. The van der Waals surface area contributed by atoms with Gasteiger partial charge in [-0.3, -0.25) is 4.79 Å². The van der Waals surface area contributed by atoms with Crippen molar-refractivity contribution >= 4 is 17.3 Å². The number of rotatable bonds is 3. The van der Waals surface area contributed by atoms with Crippen LogP contribution in [0.3, 0.4) is 0 Å². The highest BCUT2D eigenvalue weighted by Crippen LogP contribution is 2.61. The largest absolute Gasteiger partial charge is 0.468 e. The first-order valence-corrected chi connectivity index (χ1v) is 6.84. The minimum atomic E-state index is -0.457. The maximum Gasteiger partial charge on any atom is 0.316 e. The summed E-state index contributed by atoms with van der Waals surface area (Å²) in [5.41, 5.74) is 0.608. The Morgan fingerprint density at radius 2 is 2.06 bits per heavy atom. The number of esters is 1. The normalized spacial score (nSPS) is 25.7. The zero-order valence-corrected chi connectivity index (χ0v) is 10.9. The third-order valence-electron chi connectivity index (χ3n) is 3.69. The van der Waals surface area contributed by atoms with Gasteiger partial charge in [0.1, 0.15) is 5.41 Å². The van der Waals surface area contributed by atoms with E-state index in [-0.39, 0.29) is 11.9 Å². The van der Waals surface area contributed by atoms with Gasteiger partial charge in [-0.05, 0) is 23.4 Å². The Morgan fingerprint density at radius 1 is 1.28 bits per heavy atom. The molecule has 18 heavy (non-hydrogen) atoms. The van der Waals surface area contributed by atoms with Crippen molar-refractivity contribution in [1.29, 1.82) is 0 Å². The molecule has 0 N–H and O–H groups in total.